The number of carboxylic acids is 1. The Kier molecular flexibility index (Phi) is 12.5. The fourth-order valence-electron chi connectivity index (χ4n) is 2.38. The van der Waals surface area contributed by atoms with E-state index in [2.05, 4.69) is 16.0 Å². The van der Waals surface area contributed by atoms with Crippen LogP contribution in [0.3, 0.4) is 0 Å². The Labute approximate surface area is 175 Å². The molecule has 0 fully saturated rings. The van der Waals surface area contributed by atoms with E-state index in [9.17, 15) is 24.3 Å². The average Bonchev–Trinajstić information content (AvgIpc) is 2.62. The lowest BCUT2D eigenvalue weighted by Crippen LogP contribution is -2.59. The van der Waals surface area contributed by atoms with E-state index in [-0.39, 0.29) is 12.3 Å². The third-order valence-electron chi connectivity index (χ3n) is 4.10. The van der Waals surface area contributed by atoms with Crippen molar-refractivity contribution < 1.29 is 29.4 Å². The van der Waals surface area contributed by atoms with Crippen LogP contribution in [0.5, 0.6) is 0 Å². The highest BCUT2D eigenvalue weighted by Crippen LogP contribution is 2.07. The summed E-state index contributed by atoms with van der Waals surface area (Å²) in [4.78, 5) is 48.2. The van der Waals surface area contributed by atoms with Crippen LogP contribution in [-0.2, 0) is 19.2 Å². The summed E-state index contributed by atoms with van der Waals surface area (Å²) in [5, 5.41) is 26.1. The molecule has 168 valence electrons. The number of nitrogens with one attached hydrogen (secondary N) is 3. The van der Waals surface area contributed by atoms with Gasteiger partial charge in [0.05, 0.1) is 12.1 Å². The Morgan fingerprint density at radius 3 is 2.00 bits per heavy atom. The first-order valence-corrected chi connectivity index (χ1v) is 10.9. The van der Waals surface area contributed by atoms with Crippen molar-refractivity contribution in [3.63, 3.8) is 0 Å². The number of carbonyl (C=O) groups is 4. The zero-order valence-electron chi connectivity index (χ0n) is 17.6. The number of aliphatic hydroxyl groups is 1. The van der Waals surface area contributed by atoms with Gasteiger partial charge in [0, 0.05) is 0 Å². The van der Waals surface area contributed by atoms with Crippen molar-refractivity contribution in [1.29, 1.82) is 0 Å². The second-order valence-electron chi connectivity index (χ2n) is 7.37. The SMILES string of the molecule is CSCCC(N)C(=O)NC(C(=O)NC(CC(C)C)C(=O)NC(C)C(=O)O)C(C)O. The van der Waals surface area contributed by atoms with E-state index in [4.69, 9.17) is 10.8 Å². The average molecular weight is 435 g/mol. The first kappa shape index (κ1) is 27.1. The molecule has 0 radical (unpaired) electrons. The van der Waals surface area contributed by atoms with Gasteiger partial charge in [0.25, 0.3) is 0 Å². The number of rotatable bonds is 13. The minimum atomic E-state index is -1.30. The van der Waals surface area contributed by atoms with Crippen LogP contribution in [0, 0.1) is 5.92 Å². The summed E-state index contributed by atoms with van der Waals surface area (Å²) in [6.45, 7) is 6.32. The quantitative estimate of drug-likeness (QED) is 0.215. The molecule has 29 heavy (non-hydrogen) atoms. The molecule has 0 saturated heterocycles. The number of thioether (sulfide) groups is 1. The van der Waals surface area contributed by atoms with Gasteiger partial charge in [-0.2, -0.15) is 11.8 Å². The predicted molar refractivity (Wildman–Crippen MR) is 111 cm³/mol. The molecule has 0 spiro atoms. The van der Waals surface area contributed by atoms with Crippen LogP contribution < -0.4 is 21.7 Å². The Balaban J connectivity index is 5.21. The van der Waals surface area contributed by atoms with Gasteiger partial charge in [0.2, 0.25) is 17.7 Å². The summed E-state index contributed by atoms with van der Waals surface area (Å²) in [6, 6.07) is -4.28. The van der Waals surface area contributed by atoms with Crippen molar-refractivity contribution >= 4 is 35.5 Å². The molecule has 0 bridgehead atoms. The minimum Gasteiger partial charge on any atom is -0.480 e. The molecule has 0 aliphatic rings. The van der Waals surface area contributed by atoms with Crippen molar-refractivity contribution in [3.8, 4) is 0 Å². The van der Waals surface area contributed by atoms with Crippen LogP contribution in [0.4, 0.5) is 0 Å². The van der Waals surface area contributed by atoms with Crippen molar-refractivity contribution in [3.05, 3.63) is 0 Å². The lowest BCUT2D eigenvalue weighted by atomic mass is 10.0. The summed E-state index contributed by atoms with van der Waals surface area (Å²) < 4.78 is 0. The van der Waals surface area contributed by atoms with Crippen LogP contribution in [0.1, 0.15) is 40.5 Å². The number of hydrogen-bond acceptors (Lipinski definition) is 7. The highest BCUT2D eigenvalue weighted by atomic mass is 32.2. The van der Waals surface area contributed by atoms with Gasteiger partial charge in [-0.1, -0.05) is 13.8 Å². The van der Waals surface area contributed by atoms with Crippen molar-refractivity contribution in [2.45, 2.75) is 70.8 Å². The van der Waals surface area contributed by atoms with E-state index >= 15 is 0 Å². The number of aliphatic hydroxyl groups excluding tert-OH is 1. The van der Waals surface area contributed by atoms with Gasteiger partial charge in [0.15, 0.2) is 0 Å². The zero-order chi connectivity index (χ0) is 22.7. The minimum absolute atomic E-state index is 0.0192. The monoisotopic (exact) mass is 434 g/mol. The summed E-state index contributed by atoms with van der Waals surface area (Å²) in [5.74, 6) is -2.52. The fraction of sp³-hybridized carbons (Fsp3) is 0.778. The second kappa shape index (κ2) is 13.4. The number of amides is 3. The van der Waals surface area contributed by atoms with E-state index < -0.39 is 54.0 Å². The van der Waals surface area contributed by atoms with Gasteiger partial charge in [-0.25, -0.2) is 0 Å². The summed E-state index contributed by atoms with van der Waals surface area (Å²) >= 11 is 1.53. The number of aliphatic carboxylic acids is 1. The predicted octanol–water partition coefficient (Wildman–Crippen LogP) is -0.947. The molecule has 5 unspecified atom stereocenters. The maximum Gasteiger partial charge on any atom is 0.325 e. The molecule has 7 N–H and O–H groups in total. The van der Waals surface area contributed by atoms with Crippen LogP contribution in [0.15, 0.2) is 0 Å². The van der Waals surface area contributed by atoms with Crippen molar-refractivity contribution in [2.75, 3.05) is 12.0 Å². The number of carbonyl (C=O) groups excluding carboxylic acids is 3. The van der Waals surface area contributed by atoms with E-state index in [0.29, 0.717) is 12.2 Å². The van der Waals surface area contributed by atoms with E-state index in [0.717, 1.165) is 0 Å². The molecule has 0 aromatic rings. The normalized spacial score (nSPS) is 16.3. The second-order valence-corrected chi connectivity index (χ2v) is 8.36. The maximum atomic E-state index is 12.6. The first-order chi connectivity index (χ1) is 13.4. The Bertz CT molecular complexity index is 573. The number of nitrogens with two attached hydrogens (primary N) is 1. The molecular formula is C18H34N4O6S. The van der Waals surface area contributed by atoms with Crippen molar-refractivity contribution in [1.82, 2.24) is 16.0 Å². The van der Waals surface area contributed by atoms with Gasteiger partial charge >= 0.3 is 5.97 Å². The third kappa shape index (κ3) is 10.5. The molecule has 3 amide bonds. The van der Waals surface area contributed by atoms with Gasteiger partial charge < -0.3 is 31.9 Å². The molecule has 0 aromatic carbocycles. The first-order valence-electron chi connectivity index (χ1n) is 9.47. The number of hydrogen-bond donors (Lipinski definition) is 6. The Morgan fingerprint density at radius 2 is 1.55 bits per heavy atom. The zero-order valence-corrected chi connectivity index (χ0v) is 18.4. The lowest BCUT2D eigenvalue weighted by molar-refractivity contribution is -0.142. The summed E-state index contributed by atoms with van der Waals surface area (Å²) in [6.07, 6.45) is 1.30. The molecular weight excluding hydrogens is 400 g/mol. The topological polar surface area (TPSA) is 171 Å². The summed E-state index contributed by atoms with van der Waals surface area (Å²) in [5.41, 5.74) is 5.79. The molecule has 0 aliphatic heterocycles. The van der Waals surface area contributed by atoms with E-state index in [1.807, 2.05) is 20.1 Å². The highest BCUT2D eigenvalue weighted by Gasteiger charge is 2.32. The lowest BCUT2D eigenvalue weighted by Gasteiger charge is -2.26. The van der Waals surface area contributed by atoms with Gasteiger partial charge in [-0.15, -0.1) is 0 Å². The van der Waals surface area contributed by atoms with E-state index in [1.165, 1.54) is 25.6 Å². The summed E-state index contributed by atoms with van der Waals surface area (Å²) in [7, 11) is 0. The fourth-order valence-corrected chi connectivity index (χ4v) is 2.87. The van der Waals surface area contributed by atoms with Gasteiger partial charge in [-0.05, 0) is 44.6 Å². The third-order valence-corrected chi connectivity index (χ3v) is 4.75. The maximum absolute atomic E-state index is 12.6. The largest absolute Gasteiger partial charge is 0.480 e. The molecule has 10 nitrogen and oxygen atoms in total. The Morgan fingerprint density at radius 1 is 0.966 bits per heavy atom. The highest BCUT2D eigenvalue weighted by molar-refractivity contribution is 7.98. The molecule has 0 aliphatic carbocycles. The number of carboxylic acid groups (broad SMARTS) is 1. The van der Waals surface area contributed by atoms with Gasteiger partial charge in [0.1, 0.15) is 18.1 Å². The smallest absolute Gasteiger partial charge is 0.325 e. The molecule has 11 heteroatoms. The van der Waals surface area contributed by atoms with Crippen molar-refractivity contribution in [2.24, 2.45) is 11.7 Å². The van der Waals surface area contributed by atoms with Crippen LogP contribution in [0.25, 0.3) is 0 Å². The molecule has 0 rings (SSSR count). The van der Waals surface area contributed by atoms with Crippen LogP contribution >= 0.6 is 11.8 Å². The molecule has 0 heterocycles. The van der Waals surface area contributed by atoms with Gasteiger partial charge in [-0.3, -0.25) is 19.2 Å². The molecule has 0 aromatic heterocycles. The van der Waals surface area contributed by atoms with E-state index in [1.54, 1.807) is 0 Å². The Hall–Kier alpha value is -1.85. The molecule has 0 saturated carbocycles. The molecule has 5 atom stereocenters. The van der Waals surface area contributed by atoms with Crippen LogP contribution in [0.2, 0.25) is 0 Å². The van der Waals surface area contributed by atoms with Crippen LogP contribution in [-0.4, -0.2) is 76.2 Å². The standard InChI is InChI=1S/C18H34N4O6S/c1-9(2)8-13(16(25)20-10(3)18(27)28)21-17(26)14(11(4)23)22-15(24)12(19)6-7-29-5/h9-14,23H,6-8,19H2,1-5H3,(H,20,25)(H,21,26)(H,22,24)(H,27,28).